The van der Waals surface area contributed by atoms with Crippen LogP contribution in [-0.4, -0.2) is 5.78 Å². The molecule has 0 aromatic heterocycles. The lowest BCUT2D eigenvalue weighted by molar-refractivity contribution is 0.101. The summed E-state index contributed by atoms with van der Waals surface area (Å²) in [5, 5.41) is 0.669. The van der Waals surface area contributed by atoms with Gasteiger partial charge < -0.3 is 0 Å². The van der Waals surface area contributed by atoms with Crippen molar-refractivity contribution in [2.45, 2.75) is 20.8 Å². The van der Waals surface area contributed by atoms with Gasteiger partial charge in [0.05, 0.1) is 0 Å². The number of hydrogen-bond donors (Lipinski definition) is 0. The van der Waals surface area contributed by atoms with Gasteiger partial charge in [0.1, 0.15) is 5.82 Å². The highest BCUT2D eigenvalue weighted by Gasteiger charge is 2.13. The standard InChI is InChI=1S/C16H14ClFO/c1-9-7-16(17)10(2)6-14(9)15-8-12(18)4-5-13(15)11(3)19/h4-8H,1-3H3. The van der Waals surface area contributed by atoms with Crippen LogP contribution in [-0.2, 0) is 0 Å². The second-order valence-corrected chi connectivity index (χ2v) is 5.07. The molecule has 0 spiro atoms. The molecule has 0 radical (unpaired) electrons. The van der Waals surface area contributed by atoms with Gasteiger partial charge in [-0.2, -0.15) is 0 Å². The summed E-state index contributed by atoms with van der Waals surface area (Å²) in [5.41, 5.74) is 3.80. The Morgan fingerprint density at radius 3 is 2.37 bits per heavy atom. The smallest absolute Gasteiger partial charge is 0.160 e. The van der Waals surface area contributed by atoms with Crippen molar-refractivity contribution >= 4 is 17.4 Å². The van der Waals surface area contributed by atoms with E-state index >= 15 is 0 Å². The Balaban J connectivity index is 2.74. The van der Waals surface area contributed by atoms with Crippen LogP contribution in [0.15, 0.2) is 30.3 Å². The van der Waals surface area contributed by atoms with Gasteiger partial charge in [-0.25, -0.2) is 4.39 Å². The normalized spacial score (nSPS) is 10.6. The predicted octanol–water partition coefficient (Wildman–Crippen LogP) is 4.97. The van der Waals surface area contributed by atoms with Gasteiger partial charge >= 0.3 is 0 Å². The van der Waals surface area contributed by atoms with E-state index in [0.29, 0.717) is 16.1 Å². The predicted molar refractivity (Wildman–Crippen MR) is 76.3 cm³/mol. The molecule has 2 rings (SSSR count). The van der Waals surface area contributed by atoms with Crippen LogP contribution in [0.2, 0.25) is 5.02 Å². The van der Waals surface area contributed by atoms with Crippen molar-refractivity contribution in [3.05, 3.63) is 57.9 Å². The zero-order chi connectivity index (χ0) is 14.2. The first-order valence-corrected chi connectivity index (χ1v) is 6.35. The molecular weight excluding hydrogens is 263 g/mol. The van der Waals surface area contributed by atoms with E-state index < -0.39 is 0 Å². The number of Topliss-reactive ketones (excluding diaryl/α,β-unsaturated/α-hetero) is 1. The summed E-state index contributed by atoms with van der Waals surface area (Å²) in [6, 6.07) is 7.95. The second-order valence-electron chi connectivity index (χ2n) is 4.66. The van der Waals surface area contributed by atoms with Crippen molar-refractivity contribution in [2.24, 2.45) is 0 Å². The molecule has 2 aromatic rings. The molecule has 1 nitrogen and oxygen atoms in total. The molecule has 0 saturated carbocycles. The van der Waals surface area contributed by atoms with Crippen molar-refractivity contribution in [3.8, 4) is 11.1 Å². The molecule has 0 aliphatic heterocycles. The van der Waals surface area contributed by atoms with E-state index in [1.807, 2.05) is 26.0 Å². The Morgan fingerprint density at radius 2 is 1.74 bits per heavy atom. The fraction of sp³-hybridized carbons (Fsp3) is 0.188. The van der Waals surface area contributed by atoms with Gasteiger partial charge in [0.2, 0.25) is 0 Å². The van der Waals surface area contributed by atoms with Crippen LogP contribution >= 0.6 is 11.6 Å². The first kappa shape index (κ1) is 13.8. The summed E-state index contributed by atoms with van der Waals surface area (Å²) in [5.74, 6) is -0.436. The third-order valence-corrected chi connectivity index (χ3v) is 3.56. The van der Waals surface area contributed by atoms with E-state index in [-0.39, 0.29) is 11.6 Å². The molecule has 98 valence electrons. The monoisotopic (exact) mass is 276 g/mol. The average Bonchev–Trinajstić information content (AvgIpc) is 2.33. The fourth-order valence-corrected chi connectivity index (χ4v) is 2.34. The highest BCUT2D eigenvalue weighted by Crippen LogP contribution is 2.31. The van der Waals surface area contributed by atoms with Crippen LogP contribution in [0.5, 0.6) is 0 Å². The van der Waals surface area contributed by atoms with Crippen LogP contribution in [0, 0.1) is 19.7 Å². The number of carbonyl (C=O) groups is 1. The maximum absolute atomic E-state index is 13.5. The molecule has 0 saturated heterocycles. The molecule has 0 atom stereocenters. The highest BCUT2D eigenvalue weighted by atomic mass is 35.5. The van der Waals surface area contributed by atoms with Crippen LogP contribution < -0.4 is 0 Å². The largest absolute Gasteiger partial charge is 0.294 e. The zero-order valence-electron chi connectivity index (χ0n) is 11.1. The molecular formula is C16H14ClFO. The number of benzene rings is 2. The minimum absolute atomic E-state index is 0.0815. The lowest BCUT2D eigenvalue weighted by Crippen LogP contribution is -1.98. The van der Waals surface area contributed by atoms with Gasteiger partial charge in [-0.05, 0) is 73.4 Å². The van der Waals surface area contributed by atoms with Crippen LogP contribution in [0.4, 0.5) is 4.39 Å². The summed E-state index contributed by atoms with van der Waals surface area (Å²) >= 11 is 6.07. The molecule has 0 aliphatic rings. The van der Waals surface area contributed by atoms with E-state index in [1.165, 1.54) is 25.1 Å². The van der Waals surface area contributed by atoms with Gasteiger partial charge in [-0.3, -0.25) is 4.79 Å². The van der Waals surface area contributed by atoms with Gasteiger partial charge in [-0.1, -0.05) is 11.6 Å². The van der Waals surface area contributed by atoms with E-state index in [9.17, 15) is 9.18 Å². The average molecular weight is 277 g/mol. The maximum atomic E-state index is 13.5. The van der Waals surface area contributed by atoms with Gasteiger partial charge in [0.15, 0.2) is 5.78 Å². The number of hydrogen-bond acceptors (Lipinski definition) is 1. The quantitative estimate of drug-likeness (QED) is 0.708. The number of carbonyl (C=O) groups excluding carboxylic acids is 1. The van der Waals surface area contributed by atoms with Crippen molar-refractivity contribution < 1.29 is 9.18 Å². The summed E-state index contributed by atoms with van der Waals surface area (Å²) < 4.78 is 13.5. The van der Waals surface area contributed by atoms with Gasteiger partial charge in [0.25, 0.3) is 0 Å². The first-order valence-electron chi connectivity index (χ1n) is 5.97. The second kappa shape index (κ2) is 5.14. The summed E-state index contributed by atoms with van der Waals surface area (Å²) in [6.45, 7) is 5.27. The van der Waals surface area contributed by atoms with Crippen LogP contribution in [0.3, 0.4) is 0 Å². The minimum atomic E-state index is -0.355. The molecule has 0 bridgehead atoms. The Kier molecular flexibility index (Phi) is 3.72. The zero-order valence-corrected chi connectivity index (χ0v) is 11.8. The van der Waals surface area contributed by atoms with Crippen molar-refractivity contribution in [1.29, 1.82) is 0 Å². The number of rotatable bonds is 2. The Hall–Kier alpha value is -1.67. The lowest BCUT2D eigenvalue weighted by atomic mass is 9.93. The topological polar surface area (TPSA) is 17.1 Å². The van der Waals surface area contributed by atoms with Crippen LogP contribution in [0.25, 0.3) is 11.1 Å². The van der Waals surface area contributed by atoms with E-state index in [1.54, 1.807) is 0 Å². The van der Waals surface area contributed by atoms with E-state index in [4.69, 9.17) is 11.6 Å². The lowest BCUT2D eigenvalue weighted by Gasteiger charge is -2.12. The summed E-state index contributed by atoms with van der Waals surface area (Å²) in [7, 11) is 0. The number of aryl methyl sites for hydroxylation is 2. The van der Waals surface area contributed by atoms with Crippen molar-refractivity contribution in [3.63, 3.8) is 0 Å². The molecule has 0 N–H and O–H groups in total. The number of halogens is 2. The van der Waals surface area contributed by atoms with Crippen LogP contribution in [0.1, 0.15) is 28.4 Å². The third-order valence-electron chi connectivity index (χ3n) is 3.16. The molecule has 3 heteroatoms. The minimum Gasteiger partial charge on any atom is -0.294 e. The number of ketones is 1. The highest BCUT2D eigenvalue weighted by molar-refractivity contribution is 6.31. The molecule has 0 aliphatic carbocycles. The maximum Gasteiger partial charge on any atom is 0.160 e. The molecule has 19 heavy (non-hydrogen) atoms. The van der Waals surface area contributed by atoms with E-state index in [2.05, 4.69) is 0 Å². The molecule has 0 amide bonds. The Morgan fingerprint density at radius 1 is 1.05 bits per heavy atom. The molecule has 0 heterocycles. The Labute approximate surface area is 117 Å². The Bertz CT molecular complexity index is 662. The summed E-state index contributed by atoms with van der Waals surface area (Å²) in [6.07, 6.45) is 0. The van der Waals surface area contributed by atoms with E-state index in [0.717, 1.165) is 16.7 Å². The summed E-state index contributed by atoms with van der Waals surface area (Å²) in [4.78, 5) is 11.7. The SMILES string of the molecule is CC(=O)c1ccc(F)cc1-c1cc(C)c(Cl)cc1C. The van der Waals surface area contributed by atoms with Gasteiger partial charge in [0, 0.05) is 10.6 Å². The molecule has 0 unspecified atom stereocenters. The first-order chi connectivity index (χ1) is 8.90. The fourth-order valence-electron chi connectivity index (χ4n) is 2.12. The van der Waals surface area contributed by atoms with Crippen molar-refractivity contribution in [2.75, 3.05) is 0 Å². The van der Waals surface area contributed by atoms with Gasteiger partial charge in [-0.15, -0.1) is 0 Å². The molecule has 0 fully saturated rings. The third kappa shape index (κ3) is 2.69. The molecule has 2 aromatic carbocycles. The van der Waals surface area contributed by atoms with Crippen molar-refractivity contribution in [1.82, 2.24) is 0 Å².